The molecule has 0 aliphatic rings. The van der Waals surface area contributed by atoms with Gasteiger partial charge in [0.25, 0.3) is 5.91 Å². The summed E-state index contributed by atoms with van der Waals surface area (Å²) in [6, 6.07) is 8.82. The molecule has 0 saturated heterocycles. The van der Waals surface area contributed by atoms with Gasteiger partial charge >= 0.3 is 0 Å². The summed E-state index contributed by atoms with van der Waals surface area (Å²) in [5, 5.41) is 2.96. The normalized spacial score (nSPS) is 10.2. The summed E-state index contributed by atoms with van der Waals surface area (Å²) in [6.45, 7) is 0. The van der Waals surface area contributed by atoms with Crippen LogP contribution in [0.15, 0.2) is 45.5 Å². The molecule has 3 nitrogen and oxygen atoms in total. The molecule has 1 heterocycles. The van der Waals surface area contributed by atoms with Crippen molar-refractivity contribution in [3.8, 4) is 0 Å². The molecule has 1 aromatic heterocycles. The predicted molar refractivity (Wildman–Crippen MR) is 79.0 cm³/mol. The first-order valence-corrected chi connectivity index (χ1v) is 6.92. The molecular weight excluding hydrogens is 383 g/mol. The molecule has 0 saturated carbocycles. The average molecular weight is 390 g/mol. The van der Waals surface area contributed by atoms with E-state index in [0.717, 1.165) is 8.95 Å². The van der Waals surface area contributed by atoms with Crippen LogP contribution in [0.2, 0.25) is 5.15 Å². The van der Waals surface area contributed by atoms with Gasteiger partial charge in [-0.15, -0.1) is 0 Å². The number of pyridine rings is 1. The van der Waals surface area contributed by atoms with E-state index in [1.54, 1.807) is 12.1 Å². The molecule has 6 heteroatoms. The number of nitrogens with one attached hydrogen (secondary N) is 1. The summed E-state index contributed by atoms with van der Waals surface area (Å²) in [4.78, 5) is 15.9. The minimum Gasteiger partial charge on any atom is -0.320 e. The van der Waals surface area contributed by atoms with Crippen LogP contribution in [-0.4, -0.2) is 10.9 Å². The molecule has 1 amide bonds. The molecule has 0 unspecified atom stereocenters. The van der Waals surface area contributed by atoms with E-state index in [2.05, 4.69) is 42.2 Å². The fourth-order valence-electron chi connectivity index (χ4n) is 1.35. The lowest BCUT2D eigenvalue weighted by molar-refractivity contribution is 0.102. The maximum atomic E-state index is 12.1. The van der Waals surface area contributed by atoms with Crippen molar-refractivity contribution in [2.75, 3.05) is 5.32 Å². The van der Waals surface area contributed by atoms with Gasteiger partial charge in [-0.3, -0.25) is 4.79 Å². The van der Waals surface area contributed by atoms with Gasteiger partial charge in [-0.25, -0.2) is 4.98 Å². The minimum absolute atomic E-state index is 0.179. The van der Waals surface area contributed by atoms with E-state index in [4.69, 9.17) is 11.6 Å². The van der Waals surface area contributed by atoms with Crippen molar-refractivity contribution in [2.24, 2.45) is 0 Å². The number of rotatable bonds is 2. The SMILES string of the molecule is O=C(Nc1c(Br)cccc1Br)c1cccnc1Cl. The number of benzene rings is 1. The number of amides is 1. The summed E-state index contributed by atoms with van der Waals surface area (Å²) in [5.41, 5.74) is 0.990. The molecule has 0 radical (unpaired) electrons. The van der Waals surface area contributed by atoms with Crippen LogP contribution in [0, 0.1) is 0 Å². The predicted octanol–water partition coefficient (Wildman–Crippen LogP) is 4.51. The molecule has 0 aliphatic carbocycles. The largest absolute Gasteiger partial charge is 0.320 e. The third-order valence-corrected chi connectivity index (χ3v) is 3.83. The van der Waals surface area contributed by atoms with Crippen molar-refractivity contribution in [2.45, 2.75) is 0 Å². The second-order valence-electron chi connectivity index (χ2n) is 3.39. The quantitative estimate of drug-likeness (QED) is 0.767. The number of para-hydroxylation sites is 1. The molecule has 1 aromatic carbocycles. The van der Waals surface area contributed by atoms with Crippen molar-refractivity contribution in [1.82, 2.24) is 4.98 Å². The van der Waals surface area contributed by atoms with Crippen molar-refractivity contribution in [3.63, 3.8) is 0 Å². The number of nitrogens with zero attached hydrogens (tertiary/aromatic N) is 1. The van der Waals surface area contributed by atoms with Crippen molar-refractivity contribution in [3.05, 3.63) is 56.2 Å². The van der Waals surface area contributed by atoms with E-state index < -0.39 is 0 Å². The Morgan fingerprint density at radius 1 is 1.17 bits per heavy atom. The Labute approximate surface area is 126 Å². The van der Waals surface area contributed by atoms with E-state index in [1.165, 1.54) is 6.20 Å². The Hall–Kier alpha value is -0.910. The highest BCUT2D eigenvalue weighted by molar-refractivity contribution is 9.11. The Bertz CT molecular complexity index is 584. The second-order valence-corrected chi connectivity index (χ2v) is 5.46. The van der Waals surface area contributed by atoms with Crippen molar-refractivity contribution in [1.29, 1.82) is 0 Å². The number of carbonyl (C=O) groups is 1. The zero-order valence-electron chi connectivity index (χ0n) is 8.95. The number of anilines is 1. The van der Waals surface area contributed by atoms with Crippen molar-refractivity contribution >= 4 is 55.1 Å². The van der Waals surface area contributed by atoms with Gasteiger partial charge in [-0.2, -0.15) is 0 Å². The number of hydrogen-bond donors (Lipinski definition) is 1. The molecule has 2 rings (SSSR count). The van der Waals surface area contributed by atoms with Crippen LogP contribution in [0.25, 0.3) is 0 Å². The molecule has 0 bridgehead atoms. The fourth-order valence-corrected chi connectivity index (χ4v) is 2.76. The summed E-state index contributed by atoms with van der Waals surface area (Å²) in [6.07, 6.45) is 1.54. The molecule has 92 valence electrons. The zero-order valence-corrected chi connectivity index (χ0v) is 12.9. The zero-order chi connectivity index (χ0) is 13.1. The Balaban J connectivity index is 2.30. The molecule has 2 aromatic rings. The van der Waals surface area contributed by atoms with E-state index in [0.29, 0.717) is 11.3 Å². The van der Waals surface area contributed by atoms with Gasteiger partial charge in [0.2, 0.25) is 0 Å². The Morgan fingerprint density at radius 3 is 2.44 bits per heavy atom. The fraction of sp³-hybridized carbons (Fsp3) is 0. The first kappa shape index (κ1) is 13.5. The topological polar surface area (TPSA) is 42.0 Å². The van der Waals surface area contributed by atoms with Crippen LogP contribution in [0.1, 0.15) is 10.4 Å². The molecule has 1 N–H and O–H groups in total. The van der Waals surface area contributed by atoms with E-state index in [1.807, 2.05) is 18.2 Å². The number of halogens is 3. The van der Waals surface area contributed by atoms with E-state index in [-0.39, 0.29) is 11.1 Å². The van der Waals surface area contributed by atoms with Crippen LogP contribution < -0.4 is 5.32 Å². The highest BCUT2D eigenvalue weighted by Crippen LogP contribution is 2.31. The van der Waals surface area contributed by atoms with Gasteiger partial charge in [0.1, 0.15) is 5.15 Å². The van der Waals surface area contributed by atoms with E-state index >= 15 is 0 Å². The Morgan fingerprint density at radius 2 is 1.83 bits per heavy atom. The van der Waals surface area contributed by atoms with Gasteiger partial charge in [0.05, 0.1) is 11.3 Å². The summed E-state index contributed by atoms with van der Waals surface area (Å²) >= 11 is 12.6. The standard InChI is InChI=1S/C12H7Br2ClN2O/c13-8-4-1-5-9(14)10(8)17-12(18)7-3-2-6-16-11(7)15/h1-6H,(H,17,18). The maximum absolute atomic E-state index is 12.1. The highest BCUT2D eigenvalue weighted by atomic mass is 79.9. The first-order valence-electron chi connectivity index (χ1n) is 4.95. The smallest absolute Gasteiger partial charge is 0.258 e. The summed E-state index contributed by atoms with van der Waals surface area (Å²) in [7, 11) is 0. The van der Waals surface area contributed by atoms with Gasteiger partial charge in [0.15, 0.2) is 0 Å². The molecular formula is C12H7Br2ClN2O. The molecule has 18 heavy (non-hydrogen) atoms. The maximum Gasteiger partial charge on any atom is 0.258 e. The highest BCUT2D eigenvalue weighted by Gasteiger charge is 2.13. The van der Waals surface area contributed by atoms with Crippen LogP contribution in [-0.2, 0) is 0 Å². The lowest BCUT2D eigenvalue weighted by Gasteiger charge is -2.09. The molecule has 0 fully saturated rings. The summed E-state index contributed by atoms with van der Waals surface area (Å²) < 4.78 is 1.57. The number of carbonyl (C=O) groups excluding carboxylic acids is 1. The van der Waals surface area contributed by atoms with Crippen LogP contribution in [0.5, 0.6) is 0 Å². The molecule has 0 aliphatic heterocycles. The minimum atomic E-state index is -0.305. The van der Waals surface area contributed by atoms with Crippen molar-refractivity contribution < 1.29 is 4.79 Å². The molecule has 0 atom stereocenters. The lowest BCUT2D eigenvalue weighted by Crippen LogP contribution is -2.13. The van der Waals surface area contributed by atoms with Gasteiger partial charge in [-0.05, 0) is 56.1 Å². The van der Waals surface area contributed by atoms with Gasteiger partial charge in [0, 0.05) is 15.1 Å². The first-order chi connectivity index (χ1) is 8.59. The summed E-state index contributed by atoms with van der Waals surface area (Å²) in [5.74, 6) is -0.305. The second kappa shape index (κ2) is 5.82. The van der Waals surface area contributed by atoms with Crippen LogP contribution in [0.3, 0.4) is 0 Å². The average Bonchev–Trinajstić information content (AvgIpc) is 2.34. The monoisotopic (exact) mass is 388 g/mol. The lowest BCUT2D eigenvalue weighted by atomic mass is 10.2. The third kappa shape index (κ3) is 2.91. The van der Waals surface area contributed by atoms with E-state index in [9.17, 15) is 4.79 Å². The third-order valence-electron chi connectivity index (χ3n) is 2.21. The number of hydrogen-bond acceptors (Lipinski definition) is 2. The number of aromatic nitrogens is 1. The Kier molecular flexibility index (Phi) is 4.37. The van der Waals surface area contributed by atoms with Gasteiger partial charge in [-0.1, -0.05) is 17.7 Å². The van der Waals surface area contributed by atoms with Crippen LogP contribution in [0.4, 0.5) is 5.69 Å². The van der Waals surface area contributed by atoms with Crippen LogP contribution >= 0.6 is 43.5 Å². The van der Waals surface area contributed by atoms with Gasteiger partial charge < -0.3 is 5.32 Å². The molecule has 0 spiro atoms.